The molecule has 0 unspecified atom stereocenters. The van der Waals surface area contributed by atoms with Gasteiger partial charge in [-0.2, -0.15) is 0 Å². The number of aromatic hydroxyl groups is 2. The Kier molecular flexibility index (Phi) is 4.06. The molecule has 18 heavy (non-hydrogen) atoms. The molecular weight excluding hydrogens is 258 g/mol. The quantitative estimate of drug-likeness (QED) is 0.559. The topological polar surface area (TPSA) is 201 Å². The molecule has 0 heterocycles. The van der Waals surface area contributed by atoms with E-state index in [0.717, 1.165) is 0 Å². The first-order valence-electron chi connectivity index (χ1n) is 3.79. The van der Waals surface area contributed by atoms with Crippen molar-refractivity contribution in [3.05, 3.63) is 36.4 Å². The number of rotatable bonds is 3. The number of hydrogen-bond donors (Lipinski definition) is 2. The van der Waals surface area contributed by atoms with Crippen molar-refractivity contribution >= 4 is 17.1 Å². The number of hydrogen-bond acceptors (Lipinski definition) is 8. The molecule has 0 fully saturated rings. The first kappa shape index (κ1) is 15.0. The van der Waals surface area contributed by atoms with E-state index in [4.69, 9.17) is 10.2 Å². The maximum atomic E-state index is 10.4. The molecule has 0 saturated heterocycles. The lowest BCUT2D eigenvalue weighted by Crippen LogP contribution is -1.98. The third-order valence-corrected chi connectivity index (χ3v) is 1.78. The Morgan fingerprint density at radius 2 is 1.17 bits per heavy atom. The normalized spacial score (nSPS) is 9.33. The summed E-state index contributed by atoms with van der Waals surface area (Å²) >= 11 is 0. The fraction of sp³-hybridized carbons (Fsp3) is 0. The largest absolute Gasteiger partial charge is 0.497 e. The Hall–Kier alpha value is -3.02. The highest BCUT2D eigenvalue weighted by molar-refractivity contribution is 5.73. The van der Waals surface area contributed by atoms with Crippen molar-refractivity contribution in [3.8, 4) is 11.5 Å². The van der Waals surface area contributed by atoms with Gasteiger partial charge in [-0.3, -0.25) is 30.3 Å². The van der Waals surface area contributed by atoms with E-state index >= 15 is 0 Å². The number of phenols is 2. The zero-order chi connectivity index (χ0) is 13.3. The van der Waals surface area contributed by atoms with E-state index in [9.17, 15) is 30.3 Å². The van der Waals surface area contributed by atoms with Crippen molar-refractivity contribution in [1.82, 2.24) is 0 Å². The summed E-state index contributed by atoms with van der Waals surface area (Å²) in [6, 6.07) is 0.234. The molecule has 1 aromatic carbocycles. The van der Waals surface area contributed by atoms with Gasteiger partial charge in [-0.05, 0) is 0 Å². The highest BCUT2D eigenvalue weighted by Gasteiger charge is 2.36. The Bertz CT molecular complexity index is 501. The molecule has 0 atom stereocenters. The van der Waals surface area contributed by atoms with Gasteiger partial charge < -0.3 is 15.7 Å². The van der Waals surface area contributed by atoms with Gasteiger partial charge in [0.05, 0.1) is 14.8 Å². The number of nitro benzene ring substituents is 3. The fourth-order valence-corrected chi connectivity index (χ4v) is 1.07. The van der Waals surface area contributed by atoms with Gasteiger partial charge >= 0.3 is 17.1 Å². The summed E-state index contributed by atoms with van der Waals surface area (Å²) in [5, 5.41) is 49.5. The third-order valence-electron chi connectivity index (χ3n) is 1.78. The Balaban J connectivity index is 0.00000289. The lowest BCUT2D eigenvalue weighted by Gasteiger charge is -2.00. The minimum absolute atomic E-state index is 0. The van der Waals surface area contributed by atoms with Gasteiger partial charge in [-0.25, -0.2) is 0 Å². The van der Waals surface area contributed by atoms with Crippen molar-refractivity contribution in [1.29, 1.82) is 0 Å². The highest BCUT2D eigenvalue weighted by atomic mass is 16.6. The summed E-state index contributed by atoms with van der Waals surface area (Å²) in [7, 11) is 0. The van der Waals surface area contributed by atoms with Crippen LogP contribution >= 0.6 is 0 Å². The second-order valence-electron chi connectivity index (χ2n) is 2.73. The predicted octanol–water partition coefficient (Wildman–Crippen LogP) is -0.00230. The summed E-state index contributed by atoms with van der Waals surface area (Å²) in [6.07, 6.45) is 0. The first-order chi connectivity index (χ1) is 7.77. The predicted molar refractivity (Wildman–Crippen MR) is 53.3 cm³/mol. The fourth-order valence-electron chi connectivity index (χ4n) is 1.07. The van der Waals surface area contributed by atoms with Crippen LogP contribution < -0.4 is 0 Å². The van der Waals surface area contributed by atoms with E-state index < -0.39 is 43.3 Å². The molecular formula is C6H5N3O9. The molecule has 4 N–H and O–H groups in total. The molecule has 1 aromatic rings. The van der Waals surface area contributed by atoms with Crippen LogP contribution in [0, 0.1) is 30.3 Å². The van der Waals surface area contributed by atoms with Crippen LogP contribution in [0.4, 0.5) is 17.1 Å². The molecule has 98 valence electrons. The van der Waals surface area contributed by atoms with Crippen LogP contribution in [-0.2, 0) is 0 Å². The van der Waals surface area contributed by atoms with E-state index in [1.165, 1.54) is 0 Å². The van der Waals surface area contributed by atoms with Gasteiger partial charge in [-0.15, -0.1) is 0 Å². The van der Waals surface area contributed by atoms with Crippen molar-refractivity contribution in [2.75, 3.05) is 0 Å². The van der Waals surface area contributed by atoms with Gasteiger partial charge in [-0.1, -0.05) is 0 Å². The Labute approximate surface area is 96.5 Å². The van der Waals surface area contributed by atoms with Crippen molar-refractivity contribution < 1.29 is 30.5 Å². The summed E-state index contributed by atoms with van der Waals surface area (Å²) in [5.41, 5.74) is -3.95. The van der Waals surface area contributed by atoms with Crippen LogP contribution in [0.5, 0.6) is 11.5 Å². The monoisotopic (exact) mass is 263 g/mol. The van der Waals surface area contributed by atoms with Gasteiger partial charge in [0, 0.05) is 0 Å². The summed E-state index contributed by atoms with van der Waals surface area (Å²) < 4.78 is 0. The minimum Gasteiger partial charge on any atom is -0.497 e. The Morgan fingerprint density at radius 3 is 1.39 bits per heavy atom. The SMILES string of the molecule is O.O=[N+]([O-])c1cc([N+](=O)[O-])c(O)c([N+](=O)[O-])c1O. The molecule has 0 saturated carbocycles. The van der Waals surface area contributed by atoms with Crippen molar-refractivity contribution in [2.45, 2.75) is 0 Å². The van der Waals surface area contributed by atoms with Crippen LogP contribution in [0.2, 0.25) is 0 Å². The Morgan fingerprint density at radius 1 is 0.833 bits per heavy atom. The molecule has 1 rings (SSSR count). The van der Waals surface area contributed by atoms with Crippen LogP contribution in [0.1, 0.15) is 0 Å². The summed E-state index contributed by atoms with van der Waals surface area (Å²) in [6.45, 7) is 0. The van der Waals surface area contributed by atoms with Gasteiger partial charge in [0.15, 0.2) is 0 Å². The maximum absolute atomic E-state index is 10.4. The van der Waals surface area contributed by atoms with E-state index in [2.05, 4.69) is 0 Å². The van der Waals surface area contributed by atoms with Gasteiger partial charge in [0.2, 0.25) is 0 Å². The van der Waals surface area contributed by atoms with Crippen molar-refractivity contribution in [2.24, 2.45) is 0 Å². The highest BCUT2D eigenvalue weighted by Crippen LogP contribution is 2.47. The van der Waals surface area contributed by atoms with E-state index in [-0.39, 0.29) is 11.5 Å². The number of benzene rings is 1. The average Bonchev–Trinajstić information content (AvgIpc) is 2.15. The van der Waals surface area contributed by atoms with E-state index in [0.29, 0.717) is 0 Å². The number of nitrogens with zero attached hydrogens (tertiary/aromatic N) is 3. The molecule has 0 aliphatic rings. The molecule has 0 aliphatic carbocycles. The second kappa shape index (κ2) is 4.88. The van der Waals surface area contributed by atoms with Gasteiger partial charge in [0.25, 0.3) is 11.5 Å². The second-order valence-corrected chi connectivity index (χ2v) is 2.73. The zero-order valence-electron chi connectivity index (χ0n) is 8.26. The summed E-state index contributed by atoms with van der Waals surface area (Å²) in [4.78, 5) is 27.4. The standard InChI is InChI=1S/C6H3N3O8.H2O/c10-5-2(7(12)13)1-3(8(14)15)6(11)4(5)9(16)17;/h1,10-11H;1H2. The first-order valence-corrected chi connectivity index (χ1v) is 3.79. The van der Waals surface area contributed by atoms with Crippen molar-refractivity contribution in [3.63, 3.8) is 0 Å². The third kappa shape index (κ3) is 2.22. The molecule has 0 amide bonds. The van der Waals surface area contributed by atoms with Crippen LogP contribution in [-0.4, -0.2) is 30.5 Å². The smallest absolute Gasteiger partial charge is 0.366 e. The minimum atomic E-state index is -1.48. The number of phenolic OH excluding ortho intramolecular Hbond substituents is 2. The molecule has 0 aromatic heterocycles. The average molecular weight is 263 g/mol. The molecule has 0 bridgehead atoms. The molecule has 0 radical (unpaired) electrons. The molecule has 0 spiro atoms. The lowest BCUT2D eigenvalue weighted by atomic mass is 10.2. The van der Waals surface area contributed by atoms with Crippen LogP contribution in [0.25, 0.3) is 0 Å². The van der Waals surface area contributed by atoms with E-state index in [1.807, 2.05) is 0 Å². The zero-order valence-corrected chi connectivity index (χ0v) is 8.26. The van der Waals surface area contributed by atoms with Crippen LogP contribution in [0.15, 0.2) is 6.07 Å². The lowest BCUT2D eigenvalue weighted by molar-refractivity contribution is -0.405. The summed E-state index contributed by atoms with van der Waals surface area (Å²) in [5.74, 6) is -2.88. The maximum Gasteiger partial charge on any atom is 0.366 e. The van der Waals surface area contributed by atoms with Gasteiger partial charge in [0.1, 0.15) is 6.07 Å². The van der Waals surface area contributed by atoms with E-state index in [1.54, 1.807) is 0 Å². The molecule has 12 heteroatoms. The number of nitro groups is 3. The van der Waals surface area contributed by atoms with Crippen LogP contribution in [0.3, 0.4) is 0 Å². The molecule has 0 aliphatic heterocycles. The molecule has 12 nitrogen and oxygen atoms in total.